The van der Waals surface area contributed by atoms with Crippen LogP contribution >= 0.6 is 38.5 Å². The summed E-state index contributed by atoms with van der Waals surface area (Å²) in [5.74, 6) is 0. The Morgan fingerprint density at radius 3 is 2.47 bits per heavy atom. The van der Waals surface area contributed by atoms with Crippen LogP contribution in [0.3, 0.4) is 0 Å². The van der Waals surface area contributed by atoms with Crippen molar-refractivity contribution in [2.24, 2.45) is 5.14 Å². The Kier molecular flexibility index (Phi) is 4.01. The van der Waals surface area contributed by atoms with Gasteiger partial charge in [-0.3, -0.25) is 0 Å². The van der Waals surface area contributed by atoms with Gasteiger partial charge in [0.2, 0.25) is 10.0 Å². The van der Waals surface area contributed by atoms with E-state index in [4.69, 9.17) is 5.14 Å². The number of rotatable bonds is 2. The molecule has 9 heteroatoms. The SMILES string of the molecule is NS(=O)(=O)c1cc(C(F)F)nc(I)c1Br. The summed E-state index contributed by atoms with van der Waals surface area (Å²) in [7, 11) is -4.04. The first-order valence-electron chi connectivity index (χ1n) is 3.40. The smallest absolute Gasteiger partial charge is 0.240 e. The van der Waals surface area contributed by atoms with E-state index < -0.39 is 27.0 Å². The Hall–Kier alpha value is 0.130. The van der Waals surface area contributed by atoms with E-state index in [1.54, 1.807) is 22.6 Å². The zero-order valence-electron chi connectivity index (χ0n) is 6.92. The van der Waals surface area contributed by atoms with E-state index in [0.717, 1.165) is 6.07 Å². The van der Waals surface area contributed by atoms with Gasteiger partial charge in [0.25, 0.3) is 6.43 Å². The summed E-state index contributed by atoms with van der Waals surface area (Å²) in [5, 5.41) is 4.86. The van der Waals surface area contributed by atoms with Crippen LogP contribution in [0.1, 0.15) is 12.1 Å². The molecule has 0 atom stereocenters. The van der Waals surface area contributed by atoms with Gasteiger partial charge in [0.15, 0.2) is 0 Å². The zero-order chi connectivity index (χ0) is 11.8. The summed E-state index contributed by atoms with van der Waals surface area (Å²) >= 11 is 4.56. The van der Waals surface area contributed by atoms with Crippen molar-refractivity contribution >= 4 is 48.5 Å². The number of hydrogen-bond donors (Lipinski definition) is 1. The van der Waals surface area contributed by atoms with Crippen molar-refractivity contribution in [2.45, 2.75) is 11.3 Å². The standard InChI is InChI=1S/C6H4BrF2IN2O2S/c7-4-3(15(11,13)14)1-2(5(8)9)12-6(4)10/h1,5H,(H2,11,13,14). The number of nitrogens with zero attached hydrogens (tertiary/aromatic N) is 1. The number of primary sulfonamides is 1. The number of halogens is 4. The number of aromatic nitrogens is 1. The summed E-state index contributed by atoms with van der Waals surface area (Å²) in [4.78, 5) is 3.12. The van der Waals surface area contributed by atoms with E-state index in [-0.39, 0.29) is 8.17 Å². The highest BCUT2D eigenvalue weighted by atomic mass is 127. The predicted molar refractivity (Wildman–Crippen MR) is 61.0 cm³/mol. The lowest BCUT2D eigenvalue weighted by Crippen LogP contribution is -2.14. The second-order valence-corrected chi connectivity index (χ2v) is 5.84. The minimum Gasteiger partial charge on any atom is -0.240 e. The Labute approximate surface area is 107 Å². The highest BCUT2D eigenvalue weighted by Gasteiger charge is 2.20. The van der Waals surface area contributed by atoms with Crippen LogP contribution in [0.5, 0.6) is 0 Å². The van der Waals surface area contributed by atoms with E-state index in [2.05, 4.69) is 20.9 Å². The third kappa shape index (κ3) is 3.04. The molecule has 1 aromatic heterocycles. The van der Waals surface area contributed by atoms with Crippen molar-refractivity contribution in [3.05, 3.63) is 19.9 Å². The van der Waals surface area contributed by atoms with Gasteiger partial charge in [0.05, 0.1) is 4.47 Å². The largest absolute Gasteiger partial charge is 0.280 e. The maximum atomic E-state index is 12.3. The maximum absolute atomic E-state index is 12.3. The first kappa shape index (κ1) is 13.2. The Morgan fingerprint density at radius 1 is 1.53 bits per heavy atom. The second-order valence-electron chi connectivity index (χ2n) is 2.50. The zero-order valence-corrected chi connectivity index (χ0v) is 11.5. The monoisotopic (exact) mass is 412 g/mol. The van der Waals surface area contributed by atoms with E-state index in [9.17, 15) is 17.2 Å². The molecule has 1 aromatic rings. The van der Waals surface area contributed by atoms with Gasteiger partial charge in [-0.05, 0) is 44.6 Å². The number of sulfonamides is 1. The minimum atomic E-state index is -4.04. The van der Waals surface area contributed by atoms with Crippen LogP contribution in [-0.2, 0) is 10.0 Å². The van der Waals surface area contributed by atoms with Gasteiger partial charge in [-0.1, -0.05) is 0 Å². The number of alkyl halides is 2. The summed E-state index contributed by atoms with van der Waals surface area (Å²) in [6, 6.07) is 0.756. The van der Waals surface area contributed by atoms with Gasteiger partial charge in [-0.15, -0.1) is 0 Å². The number of pyridine rings is 1. The van der Waals surface area contributed by atoms with Crippen molar-refractivity contribution < 1.29 is 17.2 Å². The lowest BCUT2D eigenvalue weighted by molar-refractivity contribution is 0.145. The lowest BCUT2D eigenvalue weighted by atomic mass is 10.4. The van der Waals surface area contributed by atoms with Crippen LogP contribution in [-0.4, -0.2) is 13.4 Å². The van der Waals surface area contributed by atoms with E-state index >= 15 is 0 Å². The molecule has 0 aromatic carbocycles. The maximum Gasteiger partial charge on any atom is 0.280 e. The Bertz CT molecular complexity index is 494. The molecule has 0 saturated carbocycles. The fourth-order valence-electron chi connectivity index (χ4n) is 0.813. The molecule has 0 spiro atoms. The molecule has 0 aliphatic rings. The Balaban J connectivity index is 3.52. The summed E-state index contributed by atoms with van der Waals surface area (Å²) < 4.78 is 47.0. The van der Waals surface area contributed by atoms with Crippen LogP contribution in [0.25, 0.3) is 0 Å². The van der Waals surface area contributed by atoms with Crippen LogP contribution < -0.4 is 5.14 Å². The molecular formula is C6H4BrF2IN2O2S. The van der Waals surface area contributed by atoms with Crippen LogP contribution in [0.15, 0.2) is 15.4 Å². The molecule has 15 heavy (non-hydrogen) atoms. The van der Waals surface area contributed by atoms with Crippen molar-refractivity contribution in [1.29, 1.82) is 0 Å². The van der Waals surface area contributed by atoms with Crippen LogP contribution in [0.2, 0.25) is 0 Å². The predicted octanol–water partition coefficient (Wildman–Crippen LogP) is 2.03. The third-order valence-corrected chi connectivity index (χ3v) is 4.96. The van der Waals surface area contributed by atoms with E-state index in [1.165, 1.54) is 0 Å². The molecule has 1 heterocycles. The molecular weight excluding hydrogens is 409 g/mol. The molecule has 84 valence electrons. The molecule has 2 N–H and O–H groups in total. The van der Waals surface area contributed by atoms with Gasteiger partial charge in [0, 0.05) is 0 Å². The molecule has 0 fully saturated rings. The van der Waals surface area contributed by atoms with Crippen molar-refractivity contribution in [2.75, 3.05) is 0 Å². The molecule has 1 rings (SSSR count). The highest BCUT2D eigenvalue weighted by Crippen LogP contribution is 2.29. The van der Waals surface area contributed by atoms with Crippen molar-refractivity contribution in [3.8, 4) is 0 Å². The molecule has 0 bridgehead atoms. The first-order chi connectivity index (χ1) is 6.73. The average molecular weight is 413 g/mol. The van der Waals surface area contributed by atoms with Gasteiger partial charge < -0.3 is 0 Å². The van der Waals surface area contributed by atoms with Gasteiger partial charge in [0.1, 0.15) is 14.3 Å². The van der Waals surface area contributed by atoms with Gasteiger partial charge >= 0.3 is 0 Å². The first-order valence-corrected chi connectivity index (χ1v) is 6.82. The molecule has 0 aliphatic heterocycles. The average Bonchev–Trinajstić information content (AvgIpc) is 2.06. The molecule has 0 saturated heterocycles. The summed E-state index contributed by atoms with van der Waals surface area (Å²) in [5.41, 5.74) is -0.619. The molecule has 0 radical (unpaired) electrons. The number of nitrogens with two attached hydrogens (primary N) is 1. The second kappa shape index (κ2) is 4.55. The Morgan fingerprint density at radius 2 is 2.07 bits per heavy atom. The minimum absolute atomic E-state index is 0.0926. The summed E-state index contributed by atoms with van der Waals surface area (Å²) in [6.07, 6.45) is -2.84. The molecule has 0 amide bonds. The van der Waals surface area contributed by atoms with Crippen molar-refractivity contribution in [1.82, 2.24) is 4.98 Å². The van der Waals surface area contributed by atoms with E-state index in [0.29, 0.717) is 0 Å². The van der Waals surface area contributed by atoms with Crippen LogP contribution in [0.4, 0.5) is 8.78 Å². The fraction of sp³-hybridized carbons (Fsp3) is 0.167. The van der Waals surface area contributed by atoms with Crippen molar-refractivity contribution in [3.63, 3.8) is 0 Å². The molecule has 0 aliphatic carbocycles. The third-order valence-electron chi connectivity index (χ3n) is 1.43. The van der Waals surface area contributed by atoms with Gasteiger partial charge in [-0.2, -0.15) is 0 Å². The lowest BCUT2D eigenvalue weighted by Gasteiger charge is -2.06. The van der Waals surface area contributed by atoms with Crippen LogP contribution in [0, 0.1) is 3.70 Å². The molecule has 4 nitrogen and oxygen atoms in total. The van der Waals surface area contributed by atoms with Gasteiger partial charge in [-0.25, -0.2) is 27.3 Å². The number of hydrogen-bond acceptors (Lipinski definition) is 3. The topological polar surface area (TPSA) is 73.1 Å². The highest BCUT2D eigenvalue weighted by molar-refractivity contribution is 14.1. The molecule has 0 unspecified atom stereocenters. The fourth-order valence-corrected chi connectivity index (χ4v) is 3.08. The quantitative estimate of drug-likeness (QED) is 0.596. The van der Waals surface area contributed by atoms with E-state index in [1.807, 2.05) is 0 Å². The summed E-state index contributed by atoms with van der Waals surface area (Å²) in [6.45, 7) is 0. The normalized spacial score (nSPS) is 12.1.